The monoisotopic (exact) mass is 315 g/mol. The molecule has 5 heteroatoms. The molecular formula is C18H15F2NO2. The number of piperidine rings is 1. The van der Waals surface area contributed by atoms with E-state index in [0.29, 0.717) is 0 Å². The first-order chi connectivity index (χ1) is 11.0. The summed E-state index contributed by atoms with van der Waals surface area (Å²) >= 11 is 0. The van der Waals surface area contributed by atoms with Crippen LogP contribution in [0.2, 0.25) is 0 Å². The van der Waals surface area contributed by atoms with Gasteiger partial charge < -0.3 is 0 Å². The van der Waals surface area contributed by atoms with E-state index in [1.807, 2.05) is 31.2 Å². The molecule has 3 nitrogen and oxygen atoms in total. The minimum absolute atomic E-state index is 0.0706. The van der Waals surface area contributed by atoms with E-state index in [2.05, 4.69) is 0 Å². The highest BCUT2D eigenvalue weighted by molar-refractivity contribution is 6.17. The SMILES string of the molecule is Cc1ccc(C2CC(=O)N(c3ccc(F)c(F)c3)C(=O)C2)cc1. The van der Waals surface area contributed by atoms with Crippen LogP contribution in [0.15, 0.2) is 42.5 Å². The van der Waals surface area contributed by atoms with Gasteiger partial charge in [-0.3, -0.25) is 14.5 Å². The number of anilines is 1. The van der Waals surface area contributed by atoms with Crippen LogP contribution in [0.3, 0.4) is 0 Å². The molecule has 2 aromatic carbocycles. The van der Waals surface area contributed by atoms with Crippen LogP contribution in [-0.4, -0.2) is 11.8 Å². The molecule has 1 heterocycles. The van der Waals surface area contributed by atoms with Crippen molar-refractivity contribution in [3.05, 3.63) is 65.2 Å². The van der Waals surface area contributed by atoms with Crippen molar-refractivity contribution in [2.24, 2.45) is 0 Å². The standard InChI is InChI=1S/C18H15F2NO2/c1-11-2-4-12(5-3-11)13-8-17(22)21(18(23)9-13)14-6-7-15(19)16(20)10-14/h2-7,10,13H,8-9H2,1H3. The summed E-state index contributed by atoms with van der Waals surface area (Å²) in [5.41, 5.74) is 2.11. The van der Waals surface area contributed by atoms with Crippen molar-refractivity contribution < 1.29 is 18.4 Å². The zero-order chi connectivity index (χ0) is 16.6. The number of amides is 2. The maximum Gasteiger partial charge on any atom is 0.234 e. The number of hydrogen-bond acceptors (Lipinski definition) is 2. The Morgan fingerprint density at radius 3 is 2.09 bits per heavy atom. The number of imide groups is 1. The number of aryl methyl sites for hydroxylation is 1. The fourth-order valence-electron chi connectivity index (χ4n) is 2.80. The van der Waals surface area contributed by atoms with E-state index in [1.54, 1.807) is 0 Å². The van der Waals surface area contributed by atoms with Gasteiger partial charge in [0.1, 0.15) is 0 Å². The van der Waals surface area contributed by atoms with E-state index < -0.39 is 23.4 Å². The number of nitrogens with zero attached hydrogens (tertiary/aromatic N) is 1. The molecular weight excluding hydrogens is 300 g/mol. The minimum Gasteiger partial charge on any atom is -0.274 e. The van der Waals surface area contributed by atoms with Gasteiger partial charge >= 0.3 is 0 Å². The number of rotatable bonds is 2. The van der Waals surface area contributed by atoms with E-state index in [-0.39, 0.29) is 24.4 Å². The molecule has 1 saturated heterocycles. The third-order valence-corrected chi connectivity index (χ3v) is 4.05. The first-order valence-electron chi connectivity index (χ1n) is 7.33. The van der Waals surface area contributed by atoms with Gasteiger partial charge in [-0.25, -0.2) is 8.78 Å². The average molecular weight is 315 g/mol. The van der Waals surface area contributed by atoms with Crippen LogP contribution in [-0.2, 0) is 9.59 Å². The number of carbonyl (C=O) groups is 2. The minimum atomic E-state index is -1.08. The predicted octanol–water partition coefficient (Wildman–Crippen LogP) is 3.71. The van der Waals surface area contributed by atoms with Gasteiger partial charge in [0.15, 0.2) is 11.6 Å². The first kappa shape index (κ1) is 15.3. The molecule has 118 valence electrons. The lowest BCUT2D eigenvalue weighted by atomic mass is 9.88. The van der Waals surface area contributed by atoms with Crippen molar-refractivity contribution in [3.63, 3.8) is 0 Å². The summed E-state index contributed by atoms with van der Waals surface area (Å²) in [5, 5.41) is 0. The third-order valence-electron chi connectivity index (χ3n) is 4.05. The highest BCUT2D eigenvalue weighted by Gasteiger charge is 2.34. The molecule has 2 aromatic rings. The first-order valence-corrected chi connectivity index (χ1v) is 7.33. The zero-order valence-corrected chi connectivity index (χ0v) is 12.6. The summed E-state index contributed by atoms with van der Waals surface area (Å²) < 4.78 is 26.4. The highest BCUT2D eigenvalue weighted by atomic mass is 19.2. The fourth-order valence-corrected chi connectivity index (χ4v) is 2.80. The Morgan fingerprint density at radius 1 is 0.913 bits per heavy atom. The molecule has 0 aliphatic carbocycles. The molecule has 23 heavy (non-hydrogen) atoms. The Bertz CT molecular complexity index is 753. The topological polar surface area (TPSA) is 37.4 Å². The summed E-state index contributed by atoms with van der Waals surface area (Å²) in [6, 6.07) is 10.7. The highest BCUT2D eigenvalue weighted by Crippen LogP contribution is 2.32. The average Bonchev–Trinajstić information content (AvgIpc) is 2.51. The predicted molar refractivity (Wildman–Crippen MR) is 82.0 cm³/mol. The molecule has 0 saturated carbocycles. The lowest BCUT2D eigenvalue weighted by Crippen LogP contribution is -2.42. The number of benzene rings is 2. The van der Waals surface area contributed by atoms with E-state index in [0.717, 1.165) is 28.2 Å². The molecule has 0 unspecified atom stereocenters. The lowest BCUT2D eigenvalue weighted by Gasteiger charge is -2.30. The van der Waals surface area contributed by atoms with Crippen LogP contribution in [0.25, 0.3) is 0 Å². The third kappa shape index (κ3) is 2.99. The summed E-state index contributed by atoms with van der Waals surface area (Å²) in [6.07, 6.45) is 0.321. The van der Waals surface area contributed by atoms with Crippen LogP contribution >= 0.6 is 0 Å². The molecule has 2 amide bonds. The van der Waals surface area contributed by atoms with E-state index >= 15 is 0 Å². The van der Waals surface area contributed by atoms with Gasteiger partial charge in [-0.1, -0.05) is 29.8 Å². The van der Waals surface area contributed by atoms with Gasteiger partial charge in [0.2, 0.25) is 11.8 Å². The van der Waals surface area contributed by atoms with E-state index in [4.69, 9.17) is 0 Å². The van der Waals surface area contributed by atoms with Gasteiger partial charge in [0.25, 0.3) is 0 Å². The lowest BCUT2D eigenvalue weighted by molar-refractivity contribution is -0.129. The Kier molecular flexibility index (Phi) is 3.94. The Balaban J connectivity index is 1.85. The molecule has 0 radical (unpaired) electrons. The van der Waals surface area contributed by atoms with Crippen LogP contribution in [0.1, 0.15) is 29.9 Å². The molecule has 0 spiro atoms. The molecule has 3 rings (SSSR count). The molecule has 0 aromatic heterocycles. The summed E-state index contributed by atoms with van der Waals surface area (Å²) in [5.74, 6) is -3.08. The second kappa shape index (κ2) is 5.91. The summed E-state index contributed by atoms with van der Waals surface area (Å²) in [4.78, 5) is 25.6. The zero-order valence-electron chi connectivity index (χ0n) is 12.6. The van der Waals surface area contributed by atoms with E-state index in [9.17, 15) is 18.4 Å². The van der Waals surface area contributed by atoms with Gasteiger partial charge in [-0.05, 0) is 24.6 Å². The van der Waals surface area contributed by atoms with Gasteiger partial charge in [-0.2, -0.15) is 0 Å². The maximum atomic E-state index is 13.3. The number of hydrogen-bond donors (Lipinski definition) is 0. The Morgan fingerprint density at radius 2 is 1.52 bits per heavy atom. The summed E-state index contributed by atoms with van der Waals surface area (Å²) in [7, 11) is 0. The van der Waals surface area contributed by atoms with E-state index in [1.165, 1.54) is 6.07 Å². The van der Waals surface area contributed by atoms with Crippen molar-refractivity contribution in [3.8, 4) is 0 Å². The number of halogens is 2. The van der Waals surface area contributed by atoms with Crippen LogP contribution < -0.4 is 4.90 Å². The Hall–Kier alpha value is -2.56. The van der Waals surface area contributed by atoms with Gasteiger partial charge in [-0.15, -0.1) is 0 Å². The van der Waals surface area contributed by atoms with Crippen LogP contribution in [0, 0.1) is 18.6 Å². The van der Waals surface area contributed by atoms with Gasteiger partial charge in [0, 0.05) is 24.8 Å². The molecule has 0 N–H and O–H groups in total. The Labute approximate surface area is 132 Å². The second-order valence-electron chi connectivity index (χ2n) is 5.74. The van der Waals surface area contributed by atoms with Crippen molar-refractivity contribution >= 4 is 17.5 Å². The van der Waals surface area contributed by atoms with Crippen molar-refractivity contribution in [1.82, 2.24) is 0 Å². The van der Waals surface area contributed by atoms with Crippen LogP contribution in [0.4, 0.5) is 14.5 Å². The second-order valence-corrected chi connectivity index (χ2v) is 5.74. The quantitative estimate of drug-likeness (QED) is 0.792. The van der Waals surface area contributed by atoms with Crippen LogP contribution in [0.5, 0.6) is 0 Å². The number of carbonyl (C=O) groups excluding carboxylic acids is 2. The van der Waals surface area contributed by atoms with Gasteiger partial charge in [0.05, 0.1) is 5.69 Å². The summed E-state index contributed by atoms with van der Waals surface area (Å²) in [6.45, 7) is 1.96. The van der Waals surface area contributed by atoms with Crippen molar-refractivity contribution in [2.75, 3.05) is 4.90 Å². The van der Waals surface area contributed by atoms with Crippen molar-refractivity contribution in [2.45, 2.75) is 25.7 Å². The fraction of sp³-hybridized carbons (Fsp3) is 0.222. The van der Waals surface area contributed by atoms with Crippen molar-refractivity contribution in [1.29, 1.82) is 0 Å². The largest absolute Gasteiger partial charge is 0.274 e. The normalized spacial score (nSPS) is 16.0. The molecule has 1 aliphatic heterocycles. The molecule has 1 aliphatic rings. The smallest absolute Gasteiger partial charge is 0.234 e. The molecule has 1 fully saturated rings. The molecule has 0 atom stereocenters. The maximum absolute atomic E-state index is 13.3. The molecule has 0 bridgehead atoms.